The monoisotopic (exact) mass is 250 g/mol. The first-order valence-corrected chi connectivity index (χ1v) is 6.06. The number of rotatable bonds is 2. The molecule has 1 saturated heterocycles. The molecule has 2 fully saturated rings. The van der Waals surface area contributed by atoms with Crippen molar-refractivity contribution >= 4 is 11.8 Å². The van der Waals surface area contributed by atoms with E-state index in [1.165, 1.54) is 25.4 Å². The van der Waals surface area contributed by atoms with E-state index in [-0.39, 0.29) is 23.1 Å². The first-order chi connectivity index (χ1) is 8.62. The molecule has 96 valence electrons. The van der Waals surface area contributed by atoms with Gasteiger partial charge in [-0.1, -0.05) is 0 Å². The highest BCUT2D eigenvalue weighted by Crippen LogP contribution is 2.52. The number of esters is 1. The van der Waals surface area contributed by atoms with Crippen molar-refractivity contribution in [2.45, 2.75) is 12.8 Å². The molecule has 18 heavy (non-hydrogen) atoms. The maximum atomic E-state index is 13.1. The Balaban J connectivity index is 1.57. The number of pyridine rings is 1. The summed E-state index contributed by atoms with van der Waals surface area (Å²) in [6, 6.07) is 2.79. The van der Waals surface area contributed by atoms with Crippen LogP contribution in [0.3, 0.4) is 0 Å². The molecule has 5 heteroatoms. The number of carbonyl (C=O) groups is 1. The smallest absolute Gasteiger partial charge is 0.308 e. The minimum atomic E-state index is -0.262. The summed E-state index contributed by atoms with van der Waals surface area (Å²) in [5.74, 6) is 0.365. The summed E-state index contributed by atoms with van der Waals surface area (Å²) >= 11 is 0. The molecule has 2 aliphatic rings. The van der Waals surface area contributed by atoms with Gasteiger partial charge in [-0.25, -0.2) is 9.37 Å². The van der Waals surface area contributed by atoms with Crippen LogP contribution in [-0.2, 0) is 9.53 Å². The molecule has 0 N–H and O–H groups in total. The second kappa shape index (κ2) is 3.93. The molecule has 1 aromatic heterocycles. The summed E-state index contributed by atoms with van der Waals surface area (Å²) in [6.45, 7) is 1.72. The highest BCUT2D eigenvalue weighted by molar-refractivity contribution is 5.74. The predicted octanol–water partition coefficient (Wildman–Crippen LogP) is 1.61. The van der Waals surface area contributed by atoms with Gasteiger partial charge < -0.3 is 9.64 Å². The van der Waals surface area contributed by atoms with Gasteiger partial charge in [0.1, 0.15) is 11.6 Å². The van der Waals surface area contributed by atoms with E-state index in [0.29, 0.717) is 5.82 Å². The maximum absolute atomic E-state index is 13.1. The van der Waals surface area contributed by atoms with E-state index in [0.717, 1.165) is 25.9 Å². The van der Waals surface area contributed by atoms with Crippen molar-refractivity contribution < 1.29 is 13.9 Å². The Morgan fingerprint density at radius 3 is 2.89 bits per heavy atom. The Morgan fingerprint density at radius 2 is 2.28 bits per heavy atom. The molecule has 4 nitrogen and oxygen atoms in total. The Morgan fingerprint density at radius 1 is 1.56 bits per heavy atom. The molecule has 0 aromatic carbocycles. The lowest BCUT2D eigenvalue weighted by Crippen LogP contribution is -2.63. The van der Waals surface area contributed by atoms with Gasteiger partial charge in [0, 0.05) is 30.8 Å². The van der Waals surface area contributed by atoms with Crippen LogP contribution in [-0.4, -0.2) is 31.2 Å². The SMILES string of the molecule is COC(=O)C1CC2(C1)CN(c1cc(F)ccn1)C2. The number of hydrogen-bond acceptors (Lipinski definition) is 4. The Hall–Kier alpha value is -1.65. The molecule has 1 aliphatic heterocycles. The van der Waals surface area contributed by atoms with Crippen molar-refractivity contribution in [1.82, 2.24) is 4.98 Å². The molecule has 0 amide bonds. The Bertz CT molecular complexity index is 478. The van der Waals surface area contributed by atoms with Crippen LogP contribution in [0.4, 0.5) is 10.2 Å². The second-order valence-corrected chi connectivity index (χ2v) is 5.32. The van der Waals surface area contributed by atoms with Crippen molar-refractivity contribution in [3.63, 3.8) is 0 Å². The fourth-order valence-electron chi connectivity index (χ4n) is 3.07. The van der Waals surface area contributed by atoms with Crippen LogP contribution in [0.15, 0.2) is 18.3 Å². The highest BCUT2D eigenvalue weighted by Gasteiger charge is 2.55. The van der Waals surface area contributed by atoms with Crippen LogP contribution >= 0.6 is 0 Å². The lowest BCUT2D eigenvalue weighted by Gasteiger charge is -2.58. The molecule has 1 aliphatic carbocycles. The molecule has 1 saturated carbocycles. The van der Waals surface area contributed by atoms with Crippen molar-refractivity contribution in [3.8, 4) is 0 Å². The van der Waals surface area contributed by atoms with E-state index < -0.39 is 0 Å². The third-order valence-corrected chi connectivity index (χ3v) is 3.98. The zero-order valence-corrected chi connectivity index (χ0v) is 10.2. The standard InChI is InChI=1S/C13H15FN2O2/c1-18-12(17)9-5-13(6-9)7-16(8-13)11-4-10(14)2-3-15-11/h2-4,9H,5-8H2,1H3. The second-order valence-electron chi connectivity index (χ2n) is 5.32. The number of hydrogen-bond donors (Lipinski definition) is 0. The molecule has 1 aromatic rings. The highest BCUT2D eigenvalue weighted by atomic mass is 19.1. The van der Waals surface area contributed by atoms with Gasteiger partial charge in [0.05, 0.1) is 13.0 Å². The number of nitrogens with zero attached hydrogens (tertiary/aromatic N) is 2. The quantitative estimate of drug-likeness (QED) is 0.748. The number of anilines is 1. The summed E-state index contributed by atoms with van der Waals surface area (Å²) in [5, 5.41) is 0. The minimum Gasteiger partial charge on any atom is -0.469 e. The van der Waals surface area contributed by atoms with Gasteiger partial charge in [0.15, 0.2) is 0 Å². The van der Waals surface area contributed by atoms with Crippen LogP contribution in [0.1, 0.15) is 12.8 Å². The minimum absolute atomic E-state index is 0.0534. The average molecular weight is 250 g/mol. The Labute approximate surface area is 105 Å². The number of aromatic nitrogens is 1. The third kappa shape index (κ3) is 1.74. The van der Waals surface area contributed by atoms with Crippen molar-refractivity contribution in [2.24, 2.45) is 11.3 Å². The van der Waals surface area contributed by atoms with E-state index in [4.69, 9.17) is 4.74 Å². The van der Waals surface area contributed by atoms with Gasteiger partial charge in [-0.3, -0.25) is 4.79 Å². The van der Waals surface area contributed by atoms with E-state index in [1.54, 1.807) is 0 Å². The van der Waals surface area contributed by atoms with E-state index in [1.807, 2.05) is 0 Å². The predicted molar refractivity (Wildman–Crippen MR) is 63.6 cm³/mol. The Kier molecular flexibility index (Phi) is 2.50. The molecule has 2 heterocycles. The van der Waals surface area contributed by atoms with Crippen molar-refractivity contribution in [1.29, 1.82) is 0 Å². The van der Waals surface area contributed by atoms with Crippen LogP contribution in [0, 0.1) is 17.2 Å². The van der Waals surface area contributed by atoms with Gasteiger partial charge in [-0.15, -0.1) is 0 Å². The molecule has 0 unspecified atom stereocenters. The average Bonchev–Trinajstić information content (AvgIpc) is 2.25. The summed E-state index contributed by atoms with van der Waals surface area (Å²) in [4.78, 5) is 17.5. The van der Waals surface area contributed by atoms with Gasteiger partial charge >= 0.3 is 5.97 Å². The number of methoxy groups -OCH3 is 1. The molecule has 3 rings (SSSR count). The van der Waals surface area contributed by atoms with Gasteiger partial charge in [-0.05, 0) is 18.9 Å². The molecule has 0 bridgehead atoms. The molecular weight excluding hydrogens is 235 g/mol. The van der Waals surface area contributed by atoms with E-state index in [9.17, 15) is 9.18 Å². The molecule has 1 spiro atoms. The first-order valence-electron chi connectivity index (χ1n) is 6.06. The summed E-state index contributed by atoms with van der Waals surface area (Å²) in [5.41, 5.74) is 0.229. The van der Waals surface area contributed by atoms with Crippen LogP contribution < -0.4 is 4.90 Å². The largest absolute Gasteiger partial charge is 0.469 e. The summed E-state index contributed by atoms with van der Waals surface area (Å²) in [6.07, 6.45) is 3.24. The fourth-order valence-corrected chi connectivity index (χ4v) is 3.07. The van der Waals surface area contributed by atoms with Gasteiger partial charge in [-0.2, -0.15) is 0 Å². The van der Waals surface area contributed by atoms with Crippen molar-refractivity contribution in [3.05, 3.63) is 24.1 Å². The lowest BCUT2D eigenvalue weighted by atomic mass is 9.58. The zero-order chi connectivity index (χ0) is 12.8. The van der Waals surface area contributed by atoms with E-state index >= 15 is 0 Å². The van der Waals surface area contributed by atoms with E-state index in [2.05, 4.69) is 9.88 Å². The topological polar surface area (TPSA) is 42.4 Å². The maximum Gasteiger partial charge on any atom is 0.308 e. The lowest BCUT2D eigenvalue weighted by molar-refractivity contribution is -0.155. The molecule has 0 radical (unpaired) electrons. The molecule has 0 atom stereocenters. The van der Waals surface area contributed by atoms with Crippen LogP contribution in [0.5, 0.6) is 0 Å². The van der Waals surface area contributed by atoms with Crippen LogP contribution in [0.25, 0.3) is 0 Å². The summed E-state index contributed by atoms with van der Waals surface area (Å²) < 4.78 is 17.8. The summed E-state index contributed by atoms with van der Waals surface area (Å²) in [7, 11) is 1.43. The molecular formula is C13H15FN2O2. The third-order valence-electron chi connectivity index (χ3n) is 3.98. The number of halogens is 1. The fraction of sp³-hybridized carbons (Fsp3) is 0.538. The zero-order valence-electron chi connectivity index (χ0n) is 10.2. The van der Waals surface area contributed by atoms with Crippen LogP contribution in [0.2, 0.25) is 0 Å². The number of carbonyl (C=O) groups excluding carboxylic acids is 1. The van der Waals surface area contributed by atoms with Gasteiger partial charge in [0.25, 0.3) is 0 Å². The normalized spacial score (nSPS) is 21.3. The van der Waals surface area contributed by atoms with Gasteiger partial charge in [0.2, 0.25) is 0 Å². The van der Waals surface area contributed by atoms with Crippen molar-refractivity contribution in [2.75, 3.05) is 25.1 Å². The first kappa shape index (κ1) is 11.4. The number of ether oxygens (including phenoxy) is 1.